The summed E-state index contributed by atoms with van der Waals surface area (Å²) in [6.45, 7) is 2.26. The molecule has 1 amide bonds. The maximum absolute atomic E-state index is 13.2. The summed E-state index contributed by atoms with van der Waals surface area (Å²) in [6.07, 6.45) is 0. The predicted octanol–water partition coefficient (Wildman–Crippen LogP) is 3.16. The second kappa shape index (κ2) is 7.52. The fraction of sp³-hybridized carbons (Fsp3) is 0.222. The maximum Gasteiger partial charge on any atom is 0.241 e. The molecule has 0 radical (unpaired) electrons. The van der Waals surface area contributed by atoms with Gasteiger partial charge in [-0.25, -0.2) is 4.39 Å². The molecule has 5 heteroatoms. The van der Waals surface area contributed by atoms with Crippen molar-refractivity contribution in [3.63, 3.8) is 0 Å². The Kier molecular flexibility index (Phi) is 5.45. The van der Waals surface area contributed by atoms with Crippen molar-refractivity contribution in [1.29, 1.82) is 5.26 Å². The number of amides is 1. The number of hydrogen-bond acceptors (Lipinski definition) is 3. The van der Waals surface area contributed by atoms with E-state index in [1.807, 2.05) is 24.1 Å². The van der Waals surface area contributed by atoms with Crippen molar-refractivity contribution in [3.8, 4) is 6.07 Å². The number of carbonyl (C=O) groups is 1. The van der Waals surface area contributed by atoms with Crippen LogP contribution in [0.5, 0.6) is 0 Å². The van der Waals surface area contributed by atoms with Gasteiger partial charge in [0.05, 0.1) is 17.7 Å². The van der Waals surface area contributed by atoms with E-state index in [0.29, 0.717) is 17.8 Å². The summed E-state index contributed by atoms with van der Waals surface area (Å²) in [4.78, 5) is 14.1. The van der Waals surface area contributed by atoms with Crippen LogP contribution in [-0.4, -0.2) is 23.9 Å². The first kappa shape index (κ1) is 16.7. The first-order valence-corrected chi connectivity index (χ1v) is 7.25. The Balaban J connectivity index is 1.96. The number of nitrogens with zero attached hydrogens (tertiary/aromatic N) is 2. The van der Waals surface area contributed by atoms with Crippen LogP contribution < -0.4 is 5.32 Å². The van der Waals surface area contributed by atoms with Gasteiger partial charge in [0, 0.05) is 12.2 Å². The quantitative estimate of drug-likeness (QED) is 0.923. The molecule has 1 N–H and O–H groups in total. The number of carbonyl (C=O) groups excluding carboxylic acids is 1. The van der Waals surface area contributed by atoms with E-state index in [1.54, 1.807) is 37.3 Å². The second-order valence-electron chi connectivity index (χ2n) is 5.40. The molecule has 0 bridgehead atoms. The number of likely N-dealkylation sites (N-methyl/N-ethyl adjacent to an activating group) is 1. The number of hydrogen-bond donors (Lipinski definition) is 1. The lowest BCUT2D eigenvalue weighted by atomic mass is 10.1. The second-order valence-corrected chi connectivity index (χ2v) is 5.40. The average molecular weight is 311 g/mol. The fourth-order valence-electron chi connectivity index (χ4n) is 2.14. The first-order valence-electron chi connectivity index (χ1n) is 7.25. The van der Waals surface area contributed by atoms with E-state index in [2.05, 4.69) is 5.32 Å². The molecule has 0 spiro atoms. The monoisotopic (exact) mass is 311 g/mol. The Labute approximate surface area is 135 Å². The van der Waals surface area contributed by atoms with Crippen molar-refractivity contribution < 1.29 is 9.18 Å². The van der Waals surface area contributed by atoms with E-state index >= 15 is 0 Å². The molecule has 0 unspecified atom stereocenters. The van der Waals surface area contributed by atoms with Crippen LogP contribution >= 0.6 is 0 Å². The predicted molar refractivity (Wildman–Crippen MR) is 87.1 cm³/mol. The van der Waals surface area contributed by atoms with E-state index in [9.17, 15) is 9.18 Å². The zero-order chi connectivity index (χ0) is 16.8. The van der Waals surface area contributed by atoms with Crippen LogP contribution in [0.4, 0.5) is 10.1 Å². The smallest absolute Gasteiger partial charge is 0.241 e. The van der Waals surface area contributed by atoms with Crippen molar-refractivity contribution in [1.82, 2.24) is 4.90 Å². The molecule has 0 fully saturated rings. The molecular weight excluding hydrogens is 293 g/mol. The summed E-state index contributed by atoms with van der Waals surface area (Å²) >= 11 is 0. The van der Waals surface area contributed by atoms with Gasteiger partial charge in [-0.2, -0.15) is 5.26 Å². The average Bonchev–Trinajstić information content (AvgIpc) is 2.54. The molecule has 2 rings (SSSR count). The summed E-state index contributed by atoms with van der Waals surface area (Å²) in [5.41, 5.74) is 1.99. The lowest BCUT2D eigenvalue weighted by Crippen LogP contribution is -2.39. The molecule has 0 aromatic heterocycles. The van der Waals surface area contributed by atoms with E-state index in [4.69, 9.17) is 5.26 Å². The van der Waals surface area contributed by atoms with Crippen LogP contribution in [0.15, 0.2) is 48.5 Å². The zero-order valence-electron chi connectivity index (χ0n) is 13.1. The minimum Gasteiger partial charge on any atom is -0.325 e. The summed E-state index contributed by atoms with van der Waals surface area (Å²) in [5.74, 6) is -0.445. The molecule has 0 saturated heterocycles. The Hall–Kier alpha value is -2.71. The largest absolute Gasteiger partial charge is 0.325 e. The molecular formula is C18H18FN3O. The van der Waals surface area contributed by atoms with Gasteiger partial charge in [-0.3, -0.25) is 9.69 Å². The minimum atomic E-state index is -0.381. The van der Waals surface area contributed by atoms with E-state index in [-0.39, 0.29) is 17.8 Å². The van der Waals surface area contributed by atoms with Crippen LogP contribution in [-0.2, 0) is 11.3 Å². The number of halogens is 1. The van der Waals surface area contributed by atoms with E-state index in [0.717, 1.165) is 5.56 Å². The third-order valence-corrected chi connectivity index (χ3v) is 3.64. The van der Waals surface area contributed by atoms with Gasteiger partial charge in [0.25, 0.3) is 0 Å². The molecule has 4 nitrogen and oxygen atoms in total. The maximum atomic E-state index is 13.2. The molecule has 118 valence electrons. The Morgan fingerprint density at radius 2 is 2.00 bits per heavy atom. The van der Waals surface area contributed by atoms with Gasteiger partial charge in [-0.1, -0.05) is 12.1 Å². The normalized spacial score (nSPS) is 11.8. The Morgan fingerprint density at radius 3 is 2.61 bits per heavy atom. The summed E-state index contributed by atoms with van der Waals surface area (Å²) in [7, 11) is 1.81. The van der Waals surface area contributed by atoms with Crippen LogP contribution in [0.2, 0.25) is 0 Å². The molecule has 0 aliphatic rings. The minimum absolute atomic E-state index is 0.159. The molecule has 1 atom stereocenters. The van der Waals surface area contributed by atoms with Crippen LogP contribution in [0.1, 0.15) is 18.1 Å². The lowest BCUT2D eigenvalue weighted by Gasteiger charge is -2.24. The number of nitrogens with one attached hydrogen (secondary N) is 1. The van der Waals surface area contributed by atoms with Crippen LogP contribution in [0.25, 0.3) is 0 Å². The zero-order valence-corrected chi connectivity index (χ0v) is 13.1. The van der Waals surface area contributed by atoms with Crippen LogP contribution in [0.3, 0.4) is 0 Å². The van der Waals surface area contributed by atoms with E-state index < -0.39 is 0 Å². The molecule has 0 heterocycles. The molecule has 0 aliphatic carbocycles. The Bertz CT molecular complexity index is 722. The van der Waals surface area contributed by atoms with Gasteiger partial charge >= 0.3 is 0 Å². The van der Waals surface area contributed by atoms with Gasteiger partial charge in [-0.15, -0.1) is 0 Å². The standard InChI is InChI=1S/C18H18FN3O/c1-13(22(2)12-15-4-3-5-16(19)10-15)18(23)21-17-8-6-14(11-20)7-9-17/h3-10,13H,12H2,1-2H3,(H,21,23)/t13-/m0/s1. The molecule has 2 aromatic carbocycles. The van der Waals surface area contributed by atoms with Crippen LogP contribution in [0, 0.1) is 17.1 Å². The number of rotatable bonds is 5. The topological polar surface area (TPSA) is 56.1 Å². The molecule has 2 aromatic rings. The highest BCUT2D eigenvalue weighted by Crippen LogP contribution is 2.12. The van der Waals surface area contributed by atoms with Gasteiger partial charge in [0.15, 0.2) is 0 Å². The highest BCUT2D eigenvalue weighted by molar-refractivity contribution is 5.94. The molecule has 0 aliphatic heterocycles. The third-order valence-electron chi connectivity index (χ3n) is 3.64. The number of benzene rings is 2. The number of nitriles is 1. The van der Waals surface area contributed by atoms with Gasteiger partial charge in [0.2, 0.25) is 5.91 Å². The summed E-state index contributed by atoms with van der Waals surface area (Å²) in [5, 5.41) is 11.6. The SMILES string of the molecule is C[C@@H](C(=O)Nc1ccc(C#N)cc1)N(C)Cc1cccc(F)c1. The van der Waals surface area contributed by atoms with Crippen molar-refractivity contribution >= 4 is 11.6 Å². The van der Waals surface area contributed by atoms with Crippen molar-refractivity contribution in [2.24, 2.45) is 0 Å². The third kappa shape index (κ3) is 4.63. The first-order chi connectivity index (χ1) is 11.0. The van der Waals surface area contributed by atoms with Crippen molar-refractivity contribution in [2.45, 2.75) is 19.5 Å². The highest BCUT2D eigenvalue weighted by Gasteiger charge is 2.18. The van der Waals surface area contributed by atoms with Crippen molar-refractivity contribution in [2.75, 3.05) is 12.4 Å². The van der Waals surface area contributed by atoms with Crippen molar-refractivity contribution in [3.05, 3.63) is 65.5 Å². The lowest BCUT2D eigenvalue weighted by molar-refractivity contribution is -0.120. The summed E-state index contributed by atoms with van der Waals surface area (Å²) in [6, 6.07) is 14.7. The molecule has 0 saturated carbocycles. The molecule has 23 heavy (non-hydrogen) atoms. The highest BCUT2D eigenvalue weighted by atomic mass is 19.1. The summed E-state index contributed by atoms with van der Waals surface area (Å²) < 4.78 is 13.2. The van der Waals surface area contributed by atoms with E-state index in [1.165, 1.54) is 12.1 Å². The Morgan fingerprint density at radius 1 is 1.30 bits per heavy atom. The number of anilines is 1. The van der Waals surface area contributed by atoms with Gasteiger partial charge in [-0.05, 0) is 55.9 Å². The fourth-order valence-corrected chi connectivity index (χ4v) is 2.14. The van der Waals surface area contributed by atoms with Gasteiger partial charge < -0.3 is 5.32 Å². The van der Waals surface area contributed by atoms with Gasteiger partial charge in [0.1, 0.15) is 5.82 Å².